The van der Waals surface area contributed by atoms with Crippen LogP contribution in [0.5, 0.6) is 0 Å². The van der Waals surface area contributed by atoms with E-state index < -0.39 is 170 Å². The van der Waals surface area contributed by atoms with Gasteiger partial charge in [0.2, 0.25) is 59.1 Å². The Morgan fingerprint density at radius 2 is 1.23 bits per heavy atom. The van der Waals surface area contributed by atoms with Gasteiger partial charge in [-0.3, -0.25) is 52.7 Å². The fraction of sp³-hybridized carbons (Fsp3) is 0.530. The number of nitrogens with zero attached hydrogens (tertiary/aromatic N) is 8. The van der Waals surface area contributed by atoms with Gasteiger partial charge in [-0.15, -0.1) is 0 Å². The van der Waals surface area contributed by atoms with Crippen molar-refractivity contribution in [3.8, 4) is 0 Å². The van der Waals surface area contributed by atoms with E-state index >= 15 is 23.2 Å². The molecule has 5 rings (SSSR count). The summed E-state index contributed by atoms with van der Waals surface area (Å²) in [7, 11) is 8.89. The van der Waals surface area contributed by atoms with E-state index in [0.717, 1.165) is 58.6 Å². The molecule has 2 fully saturated rings. The van der Waals surface area contributed by atoms with Crippen LogP contribution in [-0.2, 0) is 71.8 Å². The van der Waals surface area contributed by atoms with Gasteiger partial charge in [-0.05, 0) is 92.0 Å². The number of nitrogens with one attached hydrogen (secondary N) is 3. The molecule has 0 aromatic heterocycles. The fourth-order valence-electron chi connectivity index (χ4n) is 10.8. The number of rotatable bonds is 10. The fourth-order valence-corrected chi connectivity index (χ4v) is 11.0. The third kappa shape index (κ3) is 20.5. The number of benzene rings is 3. The molecule has 11 amide bonds. The number of likely N-dealkylation sites (N-methyl/N-ethyl adjacent to an activating group) is 7. The normalized spacial score (nSPS) is 24.2. The van der Waals surface area contributed by atoms with Crippen LogP contribution in [0.2, 0.25) is 5.02 Å². The summed E-state index contributed by atoms with van der Waals surface area (Å²) >= 11 is 6.16. The van der Waals surface area contributed by atoms with E-state index in [1.54, 1.807) is 58.0 Å². The van der Waals surface area contributed by atoms with Crippen LogP contribution >= 0.6 is 11.6 Å². The zero-order valence-electron chi connectivity index (χ0n) is 55.4. The Balaban J connectivity index is 1.62. The predicted octanol–water partition coefficient (Wildman–Crippen LogP) is 5.12. The summed E-state index contributed by atoms with van der Waals surface area (Å²) in [6, 6.07) is 8.38. The van der Waals surface area contributed by atoms with Gasteiger partial charge in [0, 0.05) is 79.7 Å². The largest absolute Gasteiger partial charge is 0.416 e. The lowest BCUT2D eigenvalue weighted by molar-refractivity contribution is -0.152. The van der Waals surface area contributed by atoms with Crippen LogP contribution < -0.4 is 16.0 Å². The Morgan fingerprint density at radius 1 is 0.638 bits per heavy atom. The Hall–Kier alpha value is -8.49. The number of hydrogen-bond donors (Lipinski definition) is 3. The van der Waals surface area contributed by atoms with Crippen molar-refractivity contribution in [2.24, 2.45) is 11.8 Å². The monoisotopic (exact) mass is 1340 g/mol. The average Bonchev–Trinajstić information content (AvgIpc) is 1.60. The lowest BCUT2D eigenvalue weighted by Crippen LogP contribution is -2.59. The first-order valence-electron chi connectivity index (χ1n) is 30.9. The van der Waals surface area contributed by atoms with Crippen molar-refractivity contribution in [1.82, 2.24) is 55.1 Å². The van der Waals surface area contributed by atoms with Crippen molar-refractivity contribution in [2.75, 3.05) is 75.5 Å². The number of fused-ring (bicyclic) bond motifs is 1. The zero-order valence-corrected chi connectivity index (χ0v) is 56.1. The van der Waals surface area contributed by atoms with E-state index in [9.17, 15) is 51.5 Å². The van der Waals surface area contributed by atoms with Crippen molar-refractivity contribution >= 4 is 82.7 Å². The molecule has 0 aliphatic carbocycles. The molecule has 0 spiro atoms. The molecule has 28 heteroatoms. The van der Waals surface area contributed by atoms with Crippen LogP contribution in [-0.4, -0.2) is 228 Å². The molecule has 94 heavy (non-hydrogen) atoms. The molecule has 1 unspecified atom stereocenters. The first kappa shape index (κ1) is 76.2. The lowest BCUT2D eigenvalue weighted by atomic mass is 9.97. The molecule has 2 heterocycles. The van der Waals surface area contributed by atoms with E-state index in [2.05, 4.69) is 16.0 Å². The van der Waals surface area contributed by atoms with E-state index in [1.807, 2.05) is 0 Å². The van der Waals surface area contributed by atoms with Gasteiger partial charge in [-0.25, -0.2) is 8.78 Å². The van der Waals surface area contributed by atoms with Crippen LogP contribution in [0, 0.1) is 11.8 Å². The smallest absolute Gasteiger partial charge is 0.351 e. The van der Waals surface area contributed by atoms with Crippen molar-refractivity contribution in [3.05, 3.63) is 112 Å². The minimum absolute atomic E-state index is 0.0519. The second kappa shape index (κ2) is 33.1. The molecule has 0 saturated carbocycles. The number of amides is 11. The highest BCUT2D eigenvalue weighted by molar-refractivity contribution is 6.30. The number of hydrogen-bond acceptors (Lipinski definition) is 11. The summed E-state index contributed by atoms with van der Waals surface area (Å²) in [5, 5.41) is 8.35. The van der Waals surface area contributed by atoms with Gasteiger partial charge in [-0.2, -0.15) is 13.2 Å². The van der Waals surface area contributed by atoms with Crippen molar-refractivity contribution in [3.63, 3.8) is 0 Å². The summed E-state index contributed by atoms with van der Waals surface area (Å²) in [6.07, 6.45) is -5.47. The van der Waals surface area contributed by atoms with Crippen LogP contribution in [0.4, 0.5) is 22.0 Å². The zero-order chi connectivity index (χ0) is 70.4. The van der Waals surface area contributed by atoms with Crippen molar-refractivity contribution in [2.45, 2.75) is 141 Å². The first-order chi connectivity index (χ1) is 43.8. The van der Waals surface area contributed by atoms with Gasteiger partial charge in [0.15, 0.2) is 0 Å². The van der Waals surface area contributed by atoms with Crippen molar-refractivity contribution in [1.29, 1.82) is 0 Å². The summed E-state index contributed by atoms with van der Waals surface area (Å²) in [5.74, 6) is -14.0. The summed E-state index contributed by atoms with van der Waals surface area (Å²) in [5.41, 5.74) is -0.265. The van der Waals surface area contributed by atoms with Crippen molar-refractivity contribution < 1.29 is 74.7 Å². The highest BCUT2D eigenvalue weighted by Crippen LogP contribution is 2.35. The summed E-state index contributed by atoms with van der Waals surface area (Å²) in [6.45, 7) is 6.56. The number of halogens is 6. The van der Waals surface area contributed by atoms with Gasteiger partial charge in [0.25, 0.3) is 11.8 Å². The average molecular weight is 1340 g/mol. The molecule has 3 aromatic rings. The lowest BCUT2D eigenvalue weighted by Gasteiger charge is -2.37. The van der Waals surface area contributed by atoms with E-state index in [1.165, 1.54) is 93.5 Å². The molecule has 2 aliphatic heterocycles. The molecule has 22 nitrogen and oxygen atoms in total. The third-order valence-electron chi connectivity index (χ3n) is 17.1. The Labute approximate surface area is 550 Å². The second-order valence-corrected chi connectivity index (χ2v) is 25.4. The number of aryl methyl sites for hydroxylation is 1. The molecule has 514 valence electrons. The maximum atomic E-state index is 16.0. The minimum Gasteiger partial charge on any atom is -0.351 e. The third-order valence-corrected chi connectivity index (χ3v) is 17.3. The van der Waals surface area contributed by atoms with Gasteiger partial charge < -0.3 is 55.1 Å². The first-order valence-corrected chi connectivity index (χ1v) is 31.3. The molecule has 2 saturated heterocycles. The molecule has 8 atom stereocenters. The van der Waals surface area contributed by atoms with Crippen LogP contribution in [0.25, 0.3) is 6.08 Å². The van der Waals surface area contributed by atoms with E-state index in [0.29, 0.717) is 27.5 Å². The number of alkyl halides is 5. The van der Waals surface area contributed by atoms with Crippen LogP contribution in [0.15, 0.2) is 84.6 Å². The molecular formula is C66H87ClF5N11O11. The highest BCUT2D eigenvalue weighted by atomic mass is 35.5. The molecule has 0 bridgehead atoms. The summed E-state index contributed by atoms with van der Waals surface area (Å²) in [4.78, 5) is 166. The Bertz CT molecular complexity index is 3270. The molecule has 2 aliphatic rings. The molecule has 3 aromatic carbocycles. The SMILES string of the molecule is CC[C@H](C)[C@@H]1NC(=O)[C@H](C)N(C)C(=O)C[C@@H](C)NC(=O)[C@H](CC(C)C)N(C)C(=O)C(Cc2ccccc2)N(C)C(=O)[C@@H]2CC(F)(F)CN2C(=O)[C@H](CCc2ccc(C(F)(F)F)cc2)NC(=O)CN(C)C(=O)/C(=C\c2ccc(Cl)cc2)N(C)C(=O)CN(C)C(=O)CN(C)C1=O. The minimum atomic E-state index is -4.71. The van der Waals surface area contributed by atoms with Crippen LogP contribution in [0.3, 0.4) is 0 Å². The van der Waals surface area contributed by atoms with Gasteiger partial charge in [-0.1, -0.05) is 100 Å². The predicted molar refractivity (Wildman–Crippen MR) is 340 cm³/mol. The van der Waals surface area contributed by atoms with Crippen LogP contribution in [0.1, 0.15) is 95.9 Å². The van der Waals surface area contributed by atoms with E-state index in [4.69, 9.17) is 11.6 Å². The number of carbonyl (C=O) groups excluding carboxylic acids is 11. The Kier molecular flexibility index (Phi) is 26.8. The topological polar surface area (TPSA) is 250 Å². The molecule has 0 radical (unpaired) electrons. The van der Waals surface area contributed by atoms with Gasteiger partial charge in [0.05, 0.1) is 31.7 Å². The standard InChI is InChI=1S/C66H87ClF5N11O11/c1-14-40(4)57-64(94)78(9)36-55(86)76(7)37-56(87)80(11)50(33-45-22-27-47(67)28-23-45)61(91)77(8)35-53(84)74-48(29-24-43-20-25-46(26-21-43)66(70,71)72)60(90)83-38-65(68,69)34-52(83)63(93)82(13)51(32-44-18-16-15-17-19-44)62(92)81(12)49(30-39(2)3)59(89)73-41(5)31-54(85)79(10)42(6)58(88)75-57/h15-23,25-28,33,39-42,48-49,51-52,57H,14,24,29-32,34-38H2,1-13H3,(H,73,89)(H,74,84)(H,75,88)/b50-33+/t40-,41+,42-,48-,49-,51?,52-,57-/m0/s1. The second-order valence-electron chi connectivity index (χ2n) is 24.9. The van der Waals surface area contributed by atoms with Gasteiger partial charge >= 0.3 is 6.18 Å². The molecule has 3 N–H and O–H groups in total. The maximum Gasteiger partial charge on any atom is 0.416 e. The van der Waals surface area contributed by atoms with E-state index in [-0.39, 0.29) is 42.9 Å². The quantitative estimate of drug-likeness (QED) is 0.178. The Morgan fingerprint density at radius 3 is 1.82 bits per heavy atom. The maximum absolute atomic E-state index is 16.0. The number of carbonyl (C=O) groups is 11. The molecular weight excluding hydrogens is 1250 g/mol. The highest BCUT2D eigenvalue weighted by Gasteiger charge is 2.53. The van der Waals surface area contributed by atoms with Gasteiger partial charge in [0.1, 0.15) is 41.9 Å². The summed E-state index contributed by atoms with van der Waals surface area (Å²) < 4.78 is 73.0.